The molecule has 0 spiro atoms. The van der Waals surface area contributed by atoms with Gasteiger partial charge in [-0.05, 0) is 50.3 Å². The number of carbonyl (C=O) groups excluding carboxylic acids is 1. The minimum atomic E-state index is -0.925. The molecule has 2 heterocycles. The maximum absolute atomic E-state index is 13.4. The van der Waals surface area contributed by atoms with Crippen molar-refractivity contribution in [3.05, 3.63) is 29.3 Å². The van der Waals surface area contributed by atoms with E-state index in [1.807, 2.05) is 30.5 Å². The lowest BCUT2D eigenvalue weighted by Gasteiger charge is -2.39. The van der Waals surface area contributed by atoms with Gasteiger partial charge in [0, 0.05) is 37.0 Å². The maximum atomic E-state index is 13.4. The Kier molecular flexibility index (Phi) is 7.31. The van der Waals surface area contributed by atoms with E-state index in [-0.39, 0.29) is 11.9 Å². The Balaban J connectivity index is 1.70. The van der Waals surface area contributed by atoms with E-state index in [9.17, 15) is 4.79 Å². The topological polar surface area (TPSA) is 42.0 Å². The fraction of sp³-hybridized carbons (Fsp3) is 0.650. The average Bonchev–Trinajstić information content (AvgIpc) is 2.89. The Labute approximate surface area is 171 Å². The highest BCUT2D eigenvalue weighted by atomic mass is 35.5. The van der Waals surface area contributed by atoms with E-state index < -0.39 is 5.60 Å². The molecule has 0 aliphatic carbocycles. The Morgan fingerprint density at radius 2 is 1.96 bits per heavy atom. The van der Waals surface area contributed by atoms with Crippen molar-refractivity contribution in [3.63, 3.8) is 0 Å². The fourth-order valence-corrected chi connectivity index (χ4v) is 4.70. The van der Waals surface area contributed by atoms with Crippen molar-refractivity contribution in [2.45, 2.75) is 31.9 Å². The van der Waals surface area contributed by atoms with E-state index in [0.717, 1.165) is 57.3 Å². The van der Waals surface area contributed by atoms with Crippen molar-refractivity contribution in [2.24, 2.45) is 0 Å². The molecule has 2 aliphatic rings. The molecule has 1 atom stereocenters. The summed E-state index contributed by atoms with van der Waals surface area (Å²) in [6.07, 6.45) is 1.02. The number of carbonyl (C=O) groups is 1. The average molecular weight is 413 g/mol. The standard InChI is InChI=1S/C20H29ClN2O3S/c1-20(2,26-18-6-4-16(21)5-7-18)19(24)23-8-3-13-27-15-17(23)14-22-9-11-25-12-10-22/h4-7,17H,3,8-15H2,1-2H3/t17-/m1/s1. The van der Waals surface area contributed by atoms with Gasteiger partial charge in [0.1, 0.15) is 5.75 Å². The molecule has 0 bridgehead atoms. The van der Waals surface area contributed by atoms with Crippen LogP contribution in [-0.4, -0.2) is 78.2 Å². The van der Waals surface area contributed by atoms with Gasteiger partial charge in [-0.3, -0.25) is 9.69 Å². The minimum Gasteiger partial charge on any atom is -0.478 e. The maximum Gasteiger partial charge on any atom is 0.266 e. The summed E-state index contributed by atoms with van der Waals surface area (Å²) in [6.45, 7) is 8.83. The number of thioether (sulfide) groups is 1. The van der Waals surface area contributed by atoms with Gasteiger partial charge in [-0.15, -0.1) is 0 Å². The van der Waals surface area contributed by atoms with Crippen LogP contribution in [0.2, 0.25) is 5.02 Å². The van der Waals surface area contributed by atoms with Crippen molar-refractivity contribution in [1.29, 1.82) is 0 Å². The van der Waals surface area contributed by atoms with Crippen molar-refractivity contribution in [3.8, 4) is 5.75 Å². The second-order valence-electron chi connectivity index (χ2n) is 7.56. The number of nitrogens with zero attached hydrogens (tertiary/aromatic N) is 2. The van der Waals surface area contributed by atoms with Crippen LogP contribution in [0.3, 0.4) is 0 Å². The van der Waals surface area contributed by atoms with Crippen LogP contribution in [0.5, 0.6) is 5.75 Å². The molecule has 0 unspecified atom stereocenters. The second kappa shape index (κ2) is 9.50. The highest BCUT2D eigenvalue weighted by molar-refractivity contribution is 7.99. The molecule has 0 aromatic heterocycles. The highest BCUT2D eigenvalue weighted by Gasteiger charge is 2.38. The molecule has 0 saturated carbocycles. The monoisotopic (exact) mass is 412 g/mol. The number of rotatable bonds is 5. The van der Waals surface area contributed by atoms with E-state index in [0.29, 0.717) is 10.8 Å². The largest absolute Gasteiger partial charge is 0.478 e. The summed E-state index contributed by atoms with van der Waals surface area (Å²) in [5.74, 6) is 2.78. The van der Waals surface area contributed by atoms with Gasteiger partial charge in [0.2, 0.25) is 0 Å². The predicted molar refractivity (Wildman–Crippen MR) is 111 cm³/mol. The molecule has 3 rings (SSSR count). The van der Waals surface area contributed by atoms with E-state index in [1.165, 1.54) is 0 Å². The third kappa shape index (κ3) is 5.76. The van der Waals surface area contributed by atoms with Gasteiger partial charge in [-0.2, -0.15) is 11.8 Å². The molecular formula is C20H29ClN2O3S. The van der Waals surface area contributed by atoms with Crippen LogP contribution in [0, 0.1) is 0 Å². The summed E-state index contributed by atoms with van der Waals surface area (Å²) < 4.78 is 11.5. The molecule has 7 heteroatoms. The highest BCUT2D eigenvalue weighted by Crippen LogP contribution is 2.26. The SMILES string of the molecule is CC(C)(Oc1ccc(Cl)cc1)C(=O)N1CCCSC[C@H]1CN1CCOCC1. The van der Waals surface area contributed by atoms with Gasteiger partial charge in [-0.1, -0.05) is 11.6 Å². The van der Waals surface area contributed by atoms with E-state index in [1.54, 1.807) is 24.3 Å². The van der Waals surface area contributed by atoms with Crippen molar-refractivity contribution >= 4 is 29.3 Å². The van der Waals surface area contributed by atoms with Gasteiger partial charge in [0.15, 0.2) is 5.60 Å². The molecule has 5 nitrogen and oxygen atoms in total. The minimum absolute atomic E-state index is 0.0539. The molecule has 27 heavy (non-hydrogen) atoms. The summed E-state index contributed by atoms with van der Waals surface area (Å²) in [5, 5.41) is 0.654. The third-order valence-electron chi connectivity index (χ3n) is 4.97. The zero-order chi connectivity index (χ0) is 19.3. The van der Waals surface area contributed by atoms with Gasteiger partial charge in [-0.25, -0.2) is 0 Å². The van der Waals surface area contributed by atoms with Crippen LogP contribution in [0.25, 0.3) is 0 Å². The molecule has 1 aromatic carbocycles. The lowest BCUT2D eigenvalue weighted by Crippen LogP contribution is -2.56. The fourth-order valence-electron chi connectivity index (χ4n) is 3.52. The van der Waals surface area contributed by atoms with Crippen molar-refractivity contribution in [1.82, 2.24) is 9.80 Å². The van der Waals surface area contributed by atoms with Crippen LogP contribution in [0.1, 0.15) is 20.3 Å². The number of hydrogen-bond donors (Lipinski definition) is 0. The smallest absolute Gasteiger partial charge is 0.266 e. The number of hydrogen-bond acceptors (Lipinski definition) is 5. The van der Waals surface area contributed by atoms with Gasteiger partial charge >= 0.3 is 0 Å². The zero-order valence-electron chi connectivity index (χ0n) is 16.2. The quantitative estimate of drug-likeness (QED) is 0.743. The molecule has 2 aliphatic heterocycles. The van der Waals surface area contributed by atoms with Crippen molar-refractivity contribution < 1.29 is 14.3 Å². The van der Waals surface area contributed by atoms with Crippen LogP contribution in [0.4, 0.5) is 0 Å². The van der Waals surface area contributed by atoms with Crippen LogP contribution in [0.15, 0.2) is 24.3 Å². The first kappa shape index (κ1) is 20.8. The summed E-state index contributed by atoms with van der Waals surface area (Å²) in [4.78, 5) is 17.9. The number of ether oxygens (including phenoxy) is 2. The van der Waals surface area contributed by atoms with Crippen molar-refractivity contribution in [2.75, 3.05) is 50.9 Å². The molecule has 2 saturated heterocycles. The number of amides is 1. The molecule has 1 aromatic rings. The normalized spacial score (nSPS) is 22.3. The Morgan fingerprint density at radius 1 is 1.26 bits per heavy atom. The second-order valence-corrected chi connectivity index (χ2v) is 9.15. The summed E-state index contributed by atoms with van der Waals surface area (Å²) in [6, 6.07) is 7.38. The molecule has 2 fully saturated rings. The first-order chi connectivity index (χ1) is 13.0. The molecular weight excluding hydrogens is 384 g/mol. The Morgan fingerprint density at radius 3 is 2.67 bits per heavy atom. The number of halogens is 1. The van der Waals surface area contributed by atoms with Gasteiger partial charge in [0.05, 0.1) is 19.3 Å². The Bertz CT molecular complexity index is 620. The summed E-state index contributed by atoms with van der Waals surface area (Å²) in [7, 11) is 0. The zero-order valence-corrected chi connectivity index (χ0v) is 17.7. The molecule has 0 N–H and O–H groups in total. The van der Waals surface area contributed by atoms with Crippen LogP contribution < -0.4 is 4.74 Å². The lowest BCUT2D eigenvalue weighted by molar-refractivity contribution is -0.148. The molecule has 0 radical (unpaired) electrons. The predicted octanol–water partition coefficient (Wildman–Crippen LogP) is 3.16. The first-order valence-corrected chi connectivity index (χ1v) is 11.1. The van der Waals surface area contributed by atoms with Crippen LogP contribution in [-0.2, 0) is 9.53 Å². The summed E-state index contributed by atoms with van der Waals surface area (Å²) >= 11 is 7.89. The van der Waals surface area contributed by atoms with E-state index >= 15 is 0 Å². The Hall–Kier alpha value is -0.950. The third-order valence-corrected chi connectivity index (χ3v) is 6.42. The van der Waals surface area contributed by atoms with E-state index in [4.69, 9.17) is 21.1 Å². The van der Waals surface area contributed by atoms with Crippen LogP contribution >= 0.6 is 23.4 Å². The van der Waals surface area contributed by atoms with Gasteiger partial charge < -0.3 is 14.4 Å². The summed E-state index contributed by atoms with van der Waals surface area (Å²) in [5.41, 5.74) is -0.925. The number of morpholine rings is 1. The first-order valence-electron chi connectivity index (χ1n) is 9.59. The molecule has 1 amide bonds. The lowest BCUT2D eigenvalue weighted by atomic mass is 10.1. The van der Waals surface area contributed by atoms with E-state index in [2.05, 4.69) is 4.90 Å². The van der Waals surface area contributed by atoms with Gasteiger partial charge in [0.25, 0.3) is 5.91 Å². The molecule has 150 valence electrons. The number of benzene rings is 1.